The first kappa shape index (κ1) is 22.1. The second kappa shape index (κ2) is 11.6. The van der Waals surface area contributed by atoms with E-state index in [2.05, 4.69) is 17.7 Å². The Bertz CT molecular complexity index is 499. The van der Waals surface area contributed by atoms with Crippen LogP contribution in [0.5, 0.6) is 0 Å². The van der Waals surface area contributed by atoms with E-state index in [0.717, 1.165) is 38.5 Å². The molecular weight excluding hydrogens is 340 g/mol. The van der Waals surface area contributed by atoms with Crippen LogP contribution in [0.1, 0.15) is 84.0 Å². The maximum absolute atomic E-state index is 12.9. The van der Waals surface area contributed by atoms with Crippen molar-refractivity contribution in [1.29, 1.82) is 0 Å². The van der Waals surface area contributed by atoms with Gasteiger partial charge in [-0.3, -0.25) is 9.59 Å². The molecule has 0 aromatic rings. The lowest BCUT2D eigenvalue weighted by molar-refractivity contribution is -0.140. The molecule has 0 amide bonds. The molecule has 2 fully saturated rings. The molecular formula is C23H38O4. The maximum atomic E-state index is 12.9. The Labute approximate surface area is 164 Å². The fourth-order valence-electron chi connectivity index (χ4n) is 5.06. The average molecular weight is 379 g/mol. The molecule has 4 heteroatoms. The van der Waals surface area contributed by atoms with Crippen LogP contribution in [-0.4, -0.2) is 30.1 Å². The third kappa shape index (κ3) is 6.74. The summed E-state index contributed by atoms with van der Waals surface area (Å²) in [6, 6.07) is 0. The molecule has 154 valence electrons. The van der Waals surface area contributed by atoms with Gasteiger partial charge in [0, 0.05) is 18.8 Å². The van der Waals surface area contributed by atoms with Crippen molar-refractivity contribution in [3.8, 4) is 0 Å². The van der Waals surface area contributed by atoms with Crippen molar-refractivity contribution in [3.05, 3.63) is 12.2 Å². The summed E-state index contributed by atoms with van der Waals surface area (Å²) in [5, 5.41) is 10.2. The summed E-state index contributed by atoms with van der Waals surface area (Å²) in [6.45, 7) is 2.17. The summed E-state index contributed by atoms with van der Waals surface area (Å²) in [7, 11) is 1.41. The van der Waals surface area contributed by atoms with Crippen molar-refractivity contribution in [3.63, 3.8) is 0 Å². The average Bonchev–Trinajstić information content (AvgIpc) is 3.27. The SMILES string of the molecule is CCCCCC(O)/C=C/[C@@H]1[C@@H]2CC[C@@H](C2)[C@@H]1C(=O)CCCCCC(=O)OC. The van der Waals surface area contributed by atoms with E-state index in [1.807, 2.05) is 6.08 Å². The van der Waals surface area contributed by atoms with Gasteiger partial charge in [-0.15, -0.1) is 0 Å². The first-order valence-electron chi connectivity index (χ1n) is 11.0. The van der Waals surface area contributed by atoms with E-state index in [-0.39, 0.29) is 18.0 Å². The molecule has 2 aliphatic rings. The molecule has 2 aliphatic carbocycles. The predicted octanol–water partition coefficient (Wildman–Crippen LogP) is 4.84. The zero-order valence-corrected chi connectivity index (χ0v) is 17.2. The van der Waals surface area contributed by atoms with Gasteiger partial charge in [0.25, 0.3) is 0 Å². The fraction of sp³-hybridized carbons (Fsp3) is 0.826. The van der Waals surface area contributed by atoms with Crippen LogP contribution < -0.4 is 0 Å². The molecule has 0 saturated heterocycles. The zero-order chi connectivity index (χ0) is 19.6. The van der Waals surface area contributed by atoms with E-state index >= 15 is 0 Å². The predicted molar refractivity (Wildman–Crippen MR) is 107 cm³/mol. The quantitative estimate of drug-likeness (QED) is 0.283. The highest BCUT2D eigenvalue weighted by molar-refractivity contribution is 5.82. The summed E-state index contributed by atoms with van der Waals surface area (Å²) in [5.74, 6) is 1.88. The topological polar surface area (TPSA) is 63.6 Å². The number of carbonyl (C=O) groups is 2. The number of ether oxygens (including phenoxy) is 1. The van der Waals surface area contributed by atoms with Gasteiger partial charge < -0.3 is 9.84 Å². The van der Waals surface area contributed by atoms with Crippen molar-refractivity contribution in [1.82, 2.24) is 0 Å². The van der Waals surface area contributed by atoms with E-state index in [0.29, 0.717) is 36.4 Å². The first-order valence-corrected chi connectivity index (χ1v) is 11.0. The minimum Gasteiger partial charge on any atom is -0.469 e. The molecule has 0 aromatic heterocycles. The van der Waals surface area contributed by atoms with Crippen molar-refractivity contribution in [2.45, 2.75) is 90.1 Å². The third-order valence-electron chi connectivity index (χ3n) is 6.54. The summed E-state index contributed by atoms with van der Waals surface area (Å²) >= 11 is 0. The Kier molecular flexibility index (Phi) is 9.53. The van der Waals surface area contributed by atoms with Crippen LogP contribution in [0.3, 0.4) is 0 Å². The highest BCUT2D eigenvalue weighted by atomic mass is 16.5. The molecule has 0 heterocycles. The number of hydrogen-bond donors (Lipinski definition) is 1. The van der Waals surface area contributed by atoms with Gasteiger partial charge in [-0.25, -0.2) is 0 Å². The number of methoxy groups -OCH3 is 1. The number of ketones is 1. The number of carbonyl (C=O) groups excluding carboxylic acids is 2. The molecule has 1 N–H and O–H groups in total. The van der Waals surface area contributed by atoms with Crippen molar-refractivity contribution in [2.75, 3.05) is 7.11 Å². The minimum atomic E-state index is -0.371. The van der Waals surface area contributed by atoms with Gasteiger partial charge >= 0.3 is 5.97 Å². The molecule has 5 atom stereocenters. The van der Waals surface area contributed by atoms with E-state index in [9.17, 15) is 14.7 Å². The Balaban J connectivity index is 1.79. The van der Waals surface area contributed by atoms with Crippen LogP contribution in [0, 0.1) is 23.7 Å². The number of aliphatic hydroxyl groups is 1. The van der Waals surface area contributed by atoms with Gasteiger partial charge in [0.05, 0.1) is 13.2 Å². The van der Waals surface area contributed by atoms with Crippen molar-refractivity contribution >= 4 is 11.8 Å². The van der Waals surface area contributed by atoms with Crippen molar-refractivity contribution < 1.29 is 19.4 Å². The molecule has 2 bridgehead atoms. The van der Waals surface area contributed by atoms with Gasteiger partial charge in [0.15, 0.2) is 0 Å². The third-order valence-corrected chi connectivity index (χ3v) is 6.54. The Morgan fingerprint density at radius 1 is 1.07 bits per heavy atom. The van der Waals surface area contributed by atoms with Crippen LogP contribution >= 0.6 is 0 Å². The molecule has 0 spiro atoms. The number of hydrogen-bond acceptors (Lipinski definition) is 4. The molecule has 4 nitrogen and oxygen atoms in total. The van der Waals surface area contributed by atoms with Gasteiger partial charge in [-0.1, -0.05) is 44.8 Å². The summed E-state index contributed by atoms with van der Waals surface area (Å²) in [4.78, 5) is 24.0. The number of rotatable bonds is 13. The molecule has 0 radical (unpaired) electrons. The maximum Gasteiger partial charge on any atom is 0.305 e. The summed E-state index contributed by atoms with van der Waals surface area (Å²) < 4.78 is 4.65. The van der Waals surface area contributed by atoms with Gasteiger partial charge in [-0.05, 0) is 56.3 Å². The number of Topliss-reactive ketones (excluding diaryl/α,β-unsaturated/α-hetero) is 1. The van der Waals surface area contributed by atoms with Gasteiger partial charge in [0.2, 0.25) is 0 Å². The highest BCUT2D eigenvalue weighted by Crippen LogP contribution is 2.53. The van der Waals surface area contributed by atoms with E-state index < -0.39 is 0 Å². The van der Waals surface area contributed by atoms with E-state index in [1.165, 1.54) is 32.8 Å². The molecule has 0 aliphatic heterocycles. The standard InChI is InChI=1S/C23H38O4/c1-3-4-6-9-19(24)14-15-20-17-12-13-18(16-17)23(20)21(25)10-7-5-8-11-22(26)27-2/h14-15,17-20,23-24H,3-13,16H2,1-2H3/b15-14+/t17-,18+,19?,20-,23+/m1/s1. The zero-order valence-electron chi connectivity index (χ0n) is 17.2. The van der Waals surface area contributed by atoms with Gasteiger partial charge in [-0.2, -0.15) is 0 Å². The molecule has 2 saturated carbocycles. The first-order chi connectivity index (χ1) is 13.1. The van der Waals surface area contributed by atoms with E-state index in [4.69, 9.17) is 0 Å². The minimum absolute atomic E-state index is 0.156. The van der Waals surface area contributed by atoms with Crippen LogP contribution in [0.2, 0.25) is 0 Å². The second-order valence-electron chi connectivity index (χ2n) is 8.49. The largest absolute Gasteiger partial charge is 0.469 e. The summed E-state index contributed by atoms with van der Waals surface area (Å²) in [6.07, 6.45) is 15.2. The number of unbranched alkanes of at least 4 members (excludes halogenated alkanes) is 4. The van der Waals surface area contributed by atoms with Crippen molar-refractivity contribution in [2.24, 2.45) is 23.7 Å². The lowest BCUT2D eigenvalue weighted by Crippen LogP contribution is -2.28. The van der Waals surface area contributed by atoms with E-state index in [1.54, 1.807) is 0 Å². The van der Waals surface area contributed by atoms with Gasteiger partial charge in [0.1, 0.15) is 5.78 Å². The normalized spacial score (nSPS) is 28.0. The number of esters is 1. The van der Waals surface area contributed by atoms with Crippen LogP contribution in [0.15, 0.2) is 12.2 Å². The number of allylic oxidation sites excluding steroid dienone is 1. The Morgan fingerprint density at radius 3 is 2.56 bits per heavy atom. The smallest absolute Gasteiger partial charge is 0.305 e. The van der Waals surface area contributed by atoms with Crippen LogP contribution in [-0.2, 0) is 14.3 Å². The number of fused-ring (bicyclic) bond motifs is 2. The molecule has 0 aromatic carbocycles. The number of aliphatic hydroxyl groups excluding tert-OH is 1. The molecule has 2 rings (SSSR count). The highest BCUT2D eigenvalue weighted by Gasteiger charge is 2.48. The van der Waals surface area contributed by atoms with Crippen LogP contribution in [0.4, 0.5) is 0 Å². The molecule has 27 heavy (non-hydrogen) atoms. The molecule has 1 unspecified atom stereocenters. The monoisotopic (exact) mass is 378 g/mol. The Hall–Kier alpha value is -1.16. The summed E-state index contributed by atoms with van der Waals surface area (Å²) in [5.41, 5.74) is 0. The fourth-order valence-corrected chi connectivity index (χ4v) is 5.06. The lowest BCUT2D eigenvalue weighted by Gasteiger charge is -2.28. The second-order valence-corrected chi connectivity index (χ2v) is 8.49. The lowest BCUT2D eigenvalue weighted by atomic mass is 9.75. The Morgan fingerprint density at radius 2 is 1.81 bits per heavy atom. The van der Waals surface area contributed by atoms with Crippen LogP contribution in [0.25, 0.3) is 0 Å².